The number of nitrogens with one attached hydrogen (secondary N) is 1. The molecule has 0 amide bonds. The second-order valence-corrected chi connectivity index (χ2v) is 6.44. The van der Waals surface area contributed by atoms with Gasteiger partial charge in [-0.1, -0.05) is 20.8 Å². The van der Waals surface area contributed by atoms with E-state index in [1.807, 2.05) is 0 Å². The Balaban J connectivity index is 1.84. The third-order valence-electron chi connectivity index (χ3n) is 4.21. The minimum absolute atomic E-state index is 0.517. The van der Waals surface area contributed by atoms with Gasteiger partial charge in [0.25, 0.3) is 0 Å². The van der Waals surface area contributed by atoms with Gasteiger partial charge in [0, 0.05) is 31.7 Å². The smallest absolute Gasteiger partial charge is 0.0510 e. The van der Waals surface area contributed by atoms with Crippen LogP contribution in [0.3, 0.4) is 0 Å². The second-order valence-electron chi connectivity index (χ2n) is 6.44. The zero-order valence-corrected chi connectivity index (χ0v) is 11.7. The summed E-state index contributed by atoms with van der Waals surface area (Å²) >= 11 is 0. The molecule has 3 heteroatoms. The number of likely N-dealkylation sites (tertiary alicyclic amines) is 1. The number of likely N-dealkylation sites (N-methyl/N-ethyl adjacent to an activating group) is 1. The average molecular weight is 240 g/mol. The molecule has 0 aromatic heterocycles. The fourth-order valence-corrected chi connectivity index (χ4v) is 3.17. The van der Waals surface area contributed by atoms with Crippen molar-refractivity contribution in [3.05, 3.63) is 0 Å². The summed E-state index contributed by atoms with van der Waals surface area (Å²) in [5.41, 5.74) is 0.517. The third kappa shape index (κ3) is 3.67. The van der Waals surface area contributed by atoms with E-state index in [0.29, 0.717) is 11.5 Å². The van der Waals surface area contributed by atoms with Crippen LogP contribution in [0.15, 0.2) is 0 Å². The summed E-state index contributed by atoms with van der Waals surface area (Å²) in [7, 11) is 0. The highest BCUT2D eigenvalue weighted by molar-refractivity contribution is 4.88. The number of hydrogen-bond acceptors (Lipinski definition) is 3. The van der Waals surface area contributed by atoms with Gasteiger partial charge in [-0.15, -0.1) is 0 Å². The van der Waals surface area contributed by atoms with Crippen LogP contribution in [0.1, 0.15) is 33.6 Å². The first-order valence-electron chi connectivity index (χ1n) is 7.14. The first-order valence-corrected chi connectivity index (χ1v) is 7.14. The van der Waals surface area contributed by atoms with Crippen molar-refractivity contribution >= 4 is 0 Å². The van der Waals surface area contributed by atoms with Gasteiger partial charge >= 0.3 is 0 Å². The van der Waals surface area contributed by atoms with Crippen molar-refractivity contribution < 1.29 is 4.74 Å². The van der Waals surface area contributed by atoms with Crippen molar-refractivity contribution in [1.29, 1.82) is 0 Å². The van der Waals surface area contributed by atoms with Gasteiger partial charge in [-0.25, -0.2) is 0 Å². The highest BCUT2D eigenvalue weighted by atomic mass is 16.5. The maximum atomic E-state index is 5.53. The lowest BCUT2D eigenvalue weighted by molar-refractivity contribution is 0.164. The van der Waals surface area contributed by atoms with Gasteiger partial charge < -0.3 is 15.0 Å². The minimum Gasteiger partial charge on any atom is -0.381 e. The van der Waals surface area contributed by atoms with Gasteiger partial charge in [0.2, 0.25) is 0 Å². The van der Waals surface area contributed by atoms with Gasteiger partial charge in [-0.2, -0.15) is 0 Å². The van der Waals surface area contributed by atoms with Crippen molar-refractivity contribution in [3.63, 3.8) is 0 Å². The van der Waals surface area contributed by atoms with Crippen LogP contribution in [-0.4, -0.2) is 50.3 Å². The number of nitrogens with zero attached hydrogens (tertiary/aromatic N) is 1. The summed E-state index contributed by atoms with van der Waals surface area (Å²) in [5.74, 6) is 0.721. The Morgan fingerprint density at radius 2 is 2.29 bits per heavy atom. The summed E-state index contributed by atoms with van der Waals surface area (Å²) < 4.78 is 5.53. The predicted molar refractivity (Wildman–Crippen MR) is 71.2 cm³/mol. The van der Waals surface area contributed by atoms with Crippen molar-refractivity contribution in [1.82, 2.24) is 10.2 Å². The molecule has 2 rings (SSSR count). The average Bonchev–Trinajstić information content (AvgIpc) is 2.87. The Morgan fingerprint density at radius 1 is 1.47 bits per heavy atom. The van der Waals surface area contributed by atoms with Crippen molar-refractivity contribution in [2.45, 2.75) is 39.7 Å². The van der Waals surface area contributed by atoms with Gasteiger partial charge in [-0.05, 0) is 31.3 Å². The van der Waals surface area contributed by atoms with Crippen molar-refractivity contribution in [2.24, 2.45) is 11.3 Å². The lowest BCUT2D eigenvalue weighted by Crippen LogP contribution is -2.45. The van der Waals surface area contributed by atoms with E-state index in [1.165, 1.54) is 32.5 Å². The molecule has 0 aliphatic carbocycles. The van der Waals surface area contributed by atoms with Gasteiger partial charge in [0.1, 0.15) is 0 Å². The van der Waals surface area contributed by atoms with E-state index in [-0.39, 0.29) is 0 Å². The Morgan fingerprint density at radius 3 is 2.82 bits per heavy atom. The van der Waals surface area contributed by atoms with E-state index >= 15 is 0 Å². The Hall–Kier alpha value is -0.120. The van der Waals surface area contributed by atoms with Crippen LogP contribution in [0.5, 0.6) is 0 Å². The van der Waals surface area contributed by atoms with Crippen LogP contribution in [0.4, 0.5) is 0 Å². The Kier molecular flexibility index (Phi) is 4.45. The monoisotopic (exact) mass is 240 g/mol. The molecule has 0 saturated carbocycles. The highest BCUT2D eigenvalue weighted by Gasteiger charge is 2.33. The molecule has 2 heterocycles. The molecule has 17 heavy (non-hydrogen) atoms. The number of rotatable bonds is 5. The number of hydrogen-bond donors (Lipinski definition) is 1. The van der Waals surface area contributed by atoms with Crippen molar-refractivity contribution in [2.75, 3.05) is 39.4 Å². The fraction of sp³-hybridized carbons (Fsp3) is 1.00. The highest BCUT2D eigenvalue weighted by Crippen LogP contribution is 2.29. The molecule has 0 radical (unpaired) electrons. The summed E-state index contributed by atoms with van der Waals surface area (Å²) in [4.78, 5) is 2.63. The molecule has 3 nitrogen and oxygen atoms in total. The maximum absolute atomic E-state index is 5.53. The van der Waals surface area contributed by atoms with Crippen LogP contribution in [0, 0.1) is 11.3 Å². The first-order chi connectivity index (χ1) is 8.11. The summed E-state index contributed by atoms with van der Waals surface area (Å²) in [6.07, 6.45) is 2.57. The zero-order chi connectivity index (χ0) is 12.3. The molecule has 2 atom stereocenters. The van der Waals surface area contributed by atoms with Gasteiger partial charge in [0.15, 0.2) is 0 Å². The molecule has 0 aromatic carbocycles. The third-order valence-corrected chi connectivity index (χ3v) is 4.21. The molecule has 0 spiro atoms. The topological polar surface area (TPSA) is 24.5 Å². The van der Waals surface area contributed by atoms with E-state index in [1.54, 1.807) is 0 Å². The Bertz CT molecular complexity index is 236. The zero-order valence-electron chi connectivity index (χ0n) is 11.7. The molecule has 2 saturated heterocycles. The molecular weight excluding hydrogens is 212 g/mol. The van der Waals surface area contributed by atoms with Crippen LogP contribution < -0.4 is 5.32 Å². The predicted octanol–water partition coefficient (Wildman–Crippen LogP) is 1.73. The van der Waals surface area contributed by atoms with E-state index in [4.69, 9.17) is 4.74 Å². The standard InChI is InChI=1S/C14H28N2O/c1-4-15-13(12-5-8-17-10-12)9-16-7-6-14(2,3)11-16/h12-13,15H,4-11H2,1-3H3. The van der Waals surface area contributed by atoms with Crippen LogP contribution in [0.2, 0.25) is 0 Å². The maximum Gasteiger partial charge on any atom is 0.0510 e. The summed E-state index contributed by atoms with van der Waals surface area (Å²) in [5, 5.41) is 3.66. The quantitative estimate of drug-likeness (QED) is 0.792. The van der Waals surface area contributed by atoms with E-state index in [0.717, 1.165) is 25.7 Å². The van der Waals surface area contributed by atoms with E-state index < -0.39 is 0 Å². The molecule has 100 valence electrons. The van der Waals surface area contributed by atoms with Crippen LogP contribution in [0.25, 0.3) is 0 Å². The SMILES string of the molecule is CCNC(CN1CCC(C)(C)C1)C1CCOC1. The summed E-state index contributed by atoms with van der Waals surface area (Å²) in [6.45, 7) is 13.7. The molecule has 1 N–H and O–H groups in total. The molecule has 2 unspecified atom stereocenters. The Labute approximate surface area is 106 Å². The van der Waals surface area contributed by atoms with Crippen LogP contribution >= 0.6 is 0 Å². The lowest BCUT2D eigenvalue weighted by Gasteiger charge is -2.29. The van der Waals surface area contributed by atoms with Crippen molar-refractivity contribution in [3.8, 4) is 0 Å². The molecule has 0 bridgehead atoms. The first kappa shape index (κ1) is 13.3. The largest absolute Gasteiger partial charge is 0.381 e. The van der Waals surface area contributed by atoms with Gasteiger partial charge in [0.05, 0.1) is 6.61 Å². The number of ether oxygens (including phenoxy) is 1. The van der Waals surface area contributed by atoms with Crippen LogP contribution in [-0.2, 0) is 4.74 Å². The molecule has 0 aromatic rings. The molecule has 2 aliphatic heterocycles. The summed E-state index contributed by atoms with van der Waals surface area (Å²) in [6, 6.07) is 0.622. The second kappa shape index (κ2) is 5.68. The molecule has 2 aliphatic rings. The molecular formula is C14H28N2O. The normalized spacial score (nSPS) is 30.9. The van der Waals surface area contributed by atoms with E-state index in [2.05, 4.69) is 31.0 Å². The van der Waals surface area contributed by atoms with Gasteiger partial charge in [-0.3, -0.25) is 0 Å². The van der Waals surface area contributed by atoms with E-state index in [9.17, 15) is 0 Å². The lowest BCUT2D eigenvalue weighted by atomic mass is 9.93. The molecule has 2 fully saturated rings. The minimum atomic E-state index is 0.517. The fourth-order valence-electron chi connectivity index (χ4n) is 3.17.